The number of amides is 3. The van der Waals surface area contributed by atoms with Gasteiger partial charge in [-0.1, -0.05) is 18.2 Å². The first-order valence-corrected chi connectivity index (χ1v) is 8.57. The first kappa shape index (κ1) is 19.3. The van der Waals surface area contributed by atoms with E-state index in [-0.39, 0.29) is 5.56 Å². The Morgan fingerprint density at radius 3 is 2.61 bits per heavy atom. The normalized spacial score (nSPS) is 18.7. The summed E-state index contributed by atoms with van der Waals surface area (Å²) in [5.41, 5.74) is 0.930. The molecular formula is C20H20FN3O4. The third-order valence-electron chi connectivity index (χ3n) is 4.53. The molecule has 0 fully saturated rings. The van der Waals surface area contributed by atoms with E-state index >= 15 is 0 Å². The second-order valence-electron chi connectivity index (χ2n) is 6.23. The molecule has 0 bridgehead atoms. The monoisotopic (exact) mass is 385 g/mol. The summed E-state index contributed by atoms with van der Waals surface area (Å²) in [6.07, 6.45) is 0. The van der Waals surface area contributed by atoms with E-state index in [1.165, 1.54) is 26.4 Å². The molecule has 7 nitrogen and oxygen atoms in total. The Morgan fingerprint density at radius 2 is 1.93 bits per heavy atom. The standard InChI is InChI=1S/C20H20FN3O4/c1-11-17(18(24-20(26)22-11)13-6-4-5-7-14(13)21)19(25)23-15-9-8-12(27-2)10-16(15)28-3/h4-10,17-18H,1-3H3,(H,23,25)(H,24,26). The number of rotatable bonds is 5. The molecule has 0 spiro atoms. The van der Waals surface area contributed by atoms with Gasteiger partial charge in [-0.15, -0.1) is 0 Å². The Bertz CT molecular complexity index is 945. The smallest absolute Gasteiger partial charge is 0.341 e. The lowest BCUT2D eigenvalue weighted by Gasteiger charge is -2.30. The first-order chi connectivity index (χ1) is 13.4. The van der Waals surface area contributed by atoms with E-state index in [0.717, 1.165) is 0 Å². The van der Waals surface area contributed by atoms with E-state index in [4.69, 9.17) is 9.47 Å². The molecule has 0 saturated carbocycles. The molecule has 1 aliphatic heterocycles. The van der Waals surface area contributed by atoms with Gasteiger partial charge in [-0.25, -0.2) is 14.2 Å². The fourth-order valence-electron chi connectivity index (χ4n) is 3.16. The highest BCUT2D eigenvalue weighted by Gasteiger charge is 2.38. The van der Waals surface area contributed by atoms with Gasteiger partial charge in [0.15, 0.2) is 0 Å². The molecule has 0 saturated heterocycles. The van der Waals surface area contributed by atoms with Gasteiger partial charge in [0, 0.05) is 17.3 Å². The molecule has 2 aromatic carbocycles. The van der Waals surface area contributed by atoms with E-state index < -0.39 is 29.7 Å². The molecule has 146 valence electrons. The predicted molar refractivity (Wildman–Crippen MR) is 102 cm³/mol. The molecule has 8 heteroatoms. The Kier molecular flexibility index (Phi) is 5.58. The quantitative estimate of drug-likeness (QED) is 0.826. The summed E-state index contributed by atoms with van der Waals surface area (Å²) in [5.74, 6) is -0.868. The topological polar surface area (TPSA) is 89.0 Å². The zero-order valence-corrected chi connectivity index (χ0v) is 15.7. The third-order valence-corrected chi connectivity index (χ3v) is 4.53. The predicted octanol–water partition coefficient (Wildman–Crippen LogP) is 3.32. The first-order valence-electron chi connectivity index (χ1n) is 8.57. The van der Waals surface area contributed by atoms with Gasteiger partial charge in [0.25, 0.3) is 0 Å². The number of nitrogens with one attached hydrogen (secondary N) is 2. The Labute approximate surface area is 161 Å². The Hall–Kier alpha value is -3.42. The summed E-state index contributed by atoms with van der Waals surface area (Å²) in [7, 11) is 3.00. The molecule has 3 rings (SSSR count). The highest BCUT2D eigenvalue weighted by atomic mass is 19.1. The molecular weight excluding hydrogens is 365 g/mol. The third kappa shape index (κ3) is 3.80. The number of nitrogens with zero attached hydrogens (tertiary/aromatic N) is 1. The van der Waals surface area contributed by atoms with Gasteiger partial charge < -0.3 is 20.1 Å². The molecule has 2 atom stereocenters. The zero-order chi connectivity index (χ0) is 20.3. The van der Waals surface area contributed by atoms with Crippen molar-refractivity contribution in [2.24, 2.45) is 10.9 Å². The van der Waals surface area contributed by atoms with Crippen LogP contribution in [0.1, 0.15) is 18.5 Å². The van der Waals surface area contributed by atoms with Gasteiger partial charge in [0.1, 0.15) is 23.2 Å². The molecule has 2 unspecified atom stereocenters. The number of benzene rings is 2. The van der Waals surface area contributed by atoms with E-state index in [1.807, 2.05) is 0 Å². The summed E-state index contributed by atoms with van der Waals surface area (Å²) in [6, 6.07) is 9.46. The SMILES string of the molecule is COc1ccc(NC(=O)C2C(C)=NC(=O)NC2c2ccccc2F)c(OC)c1. The average molecular weight is 385 g/mol. The number of carbonyl (C=O) groups excluding carboxylic acids is 2. The lowest BCUT2D eigenvalue weighted by Crippen LogP contribution is -2.45. The highest BCUT2D eigenvalue weighted by Crippen LogP contribution is 2.33. The van der Waals surface area contributed by atoms with Crippen molar-refractivity contribution in [3.05, 3.63) is 53.8 Å². The molecule has 0 radical (unpaired) electrons. The summed E-state index contributed by atoms with van der Waals surface area (Å²) < 4.78 is 24.8. The molecule has 2 N–H and O–H groups in total. The van der Waals surface area contributed by atoms with Crippen LogP contribution in [0.2, 0.25) is 0 Å². The fourth-order valence-corrected chi connectivity index (χ4v) is 3.16. The minimum Gasteiger partial charge on any atom is -0.497 e. The van der Waals surface area contributed by atoms with E-state index in [1.54, 1.807) is 37.3 Å². The number of halogens is 1. The van der Waals surface area contributed by atoms with Crippen LogP contribution in [0.4, 0.5) is 14.9 Å². The zero-order valence-electron chi connectivity index (χ0n) is 15.7. The highest BCUT2D eigenvalue weighted by molar-refractivity contribution is 6.13. The second kappa shape index (κ2) is 8.08. The molecule has 2 aromatic rings. The number of ether oxygens (including phenoxy) is 2. The van der Waals surface area contributed by atoms with Crippen molar-refractivity contribution in [3.8, 4) is 11.5 Å². The van der Waals surface area contributed by atoms with Crippen LogP contribution in [-0.2, 0) is 4.79 Å². The maximum atomic E-state index is 14.3. The van der Waals surface area contributed by atoms with E-state index in [9.17, 15) is 14.0 Å². The summed E-state index contributed by atoms with van der Waals surface area (Å²) >= 11 is 0. The van der Waals surface area contributed by atoms with Crippen molar-refractivity contribution < 1.29 is 23.5 Å². The van der Waals surface area contributed by atoms with Gasteiger partial charge in [0.05, 0.1) is 25.9 Å². The van der Waals surface area contributed by atoms with Crippen LogP contribution in [0, 0.1) is 11.7 Å². The average Bonchev–Trinajstić information content (AvgIpc) is 2.67. The molecule has 28 heavy (non-hydrogen) atoms. The second-order valence-corrected chi connectivity index (χ2v) is 6.23. The van der Waals surface area contributed by atoms with Crippen LogP contribution in [0.3, 0.4) is 0 Å². The summed E-state index contributed by atoms with van der Waals surface area (Å²) in [6.45, 7) is 1.57. The van der Waals surface area contributed by atoms with Gasteiger partial charge in [-0.2, -0.15) is 0 Å². The number of hydrogen-bond acceptors (Lipinski definition) is 4. The number of aliphatic imine (C=N–C) groups is 1. The lowest BCUT2D eigenvalue weighted by molar-refractivity contribution is -0.118. The van der Waals surface area contributed by atoms with Crippen LogP contribution in [0.5, 0.6) is 11.5 Å². The molecule has 3 amide bonds. The number of hydrogen-bond donors (Lipinski definition) is 2. The van der Waals surface area contributed by atoms with Gasteiger partial charge >= 0.3 is 6.03 Å². The molecule has 0 aromatic heterocycles. The van der Waals surface area contributed by atoms with Crippen molar-refractivity contribution in [1.29, 1.82) is 0 Å². The van der Waals surface area contributed by atoms with E-state index in [0.29, 0.717) is 22.9 Å². The summed E-state index contributed by atoms with van der Waals surface area (Å²) in [5, 5.41) is 5.36. The van der Waals surface area contributed by atoms with Crippen molar-refractivity contribution in [1.82, 2.24) is 5.32 Å². The van der Waals surface area contributed by atoms with Gasteiger partial charge in [-0.3, -0.25) is 4.79 Å². The maximum absolute atomic E-state index is 14.3. The van der Waals surface area contributed by atoms with Crippen molar-refractivity contribution in [3.63, 3.8) is 0 Å². The van der Waals surface area contributed by atoms with Gasteiger partial charge in [-0.05, 0) is 25.1 Å². The van der Waals surface area contributed by atoms with Crippen molar-refractivity contribution >= 4 is 23.3 Å². The minimum atomic E-state index is -0.888. The number of methoxy groups -OCH3 is 2. The number of carbonyl (C=O) groups is 2. The molecule has 1 aliphatic rings. The fraction of sp³-hybridized carbons (Fsp3) is 0.250. The Morgan fingerprint density at radius 1 is 1.18 bits per heavy atom. The van der Waals surface area contributed by atoms with Gasteiger partial charge in [0.2, 0.25) is 5.91 Å². The van der Waals surface area contributed by atoms with Crippen LogP contribution in [0.15, 0.2) is 47.5 Å². The maximum Gasteiger partial charge on any atom is 0.341 e. The van der Waals surface area contributed by atoms with Crippen LogP contribution < -0.4 is 20.1 Å². The summed E-state index contributed by atoms with van der Waals surface area (Å²) in [4.78, 5) is 28.8. The largest absolute Gasteiger partial charge is 0.497 e. The number of anilines is 1. The Balaban J connectivity index is 1.95. The molecule has 1 heterocycles. The minimum absolute atomic E-state index is 0.215. The number of urea groups is 1. The van der Waals surface area contributed by atoms with Crippen LogP contribution in [-0.4, -0.2) is 31.9 Å². The van der Waals surface area contributed by atoms with Crippen molar-refractivity contribution in [2.75, 3.05) is 19.5 Å². The van der Waals surface area contributed by atoms with Crippen LogP contribution in [0.25, 0.3) is 0 Å². The van der Waals surface area contributed by atoms with E-state index in [2.05, 4.69) is 15.6 Å². The molecule has 0 aliphatic carbocycles. The lowest BCUT2D eigenvalue weighted by atomic mass is 9.87. The van der Waals surface area contributed by atoms with Crippen LogP contribution >= 0.6 is 0 Å². The van der Waals surface area contributed by atoms with Crippen molar-refractivity contribution in [2.45, 2.75) is 13.0 Å².